The van der Waals surface area contributed by atoms with Crippen molar-refractivity contribution in [3.05, 3.63) is 71.3 Å². The van der Waals surface area contributed by atoms with Gasteiger partial charge in [-0.05, 0) is 31.2 Å². The largest absolute Gasteiger partial charge is 0.370 e. The molecule has 13 N–H and O–H groups in total. The molecule has 2 aromatic carbocycles. The Morgan fingerprint density at radius 2 is 1.11 bits per heavy atom. The summed E-state index contributed by atoms with van der Waals surface area (Å²) in [4.78, 5) is 71.2. The fraction of sp³-hybridized carbons (Fsp3) is 0.367. The number of carbonyl (C=O) groups is 5. The van der Waals surface area contributed by atoms with Gasteiger partial charge in [-0.25, -0.2) is 0 Å². The van der Waals surface area contributed by atoms with Crippen molar-refractivity contribution >= 4 is 41.3 Å². The highest BCUT2D eigenvalue weighted by Gasteiger charge is 2.28. The quantitative estimate of drug-likeness (QED) is 0.0416. The smallest absolute Gasteiger partial charge is 0.243 e. The van der Waals surface area contributed by atoms with E-state index in [-0.39, 0.29) is 50.1 Å². The average molecular weight is 623 g/mol. The summed E-state index contributed by atoms with van der Waals surface area (Å²) in [7, 11) is 0. The van der Waals surface area contributed by atoms with Crippen LogP contribution in [0.3, 0.4) is 0 Å². The van der Waals surface area contributed by atoms with Crippen molar-refractivity contribution in [1.82, 2.24) is 16.0 Å². The number of carbonyl (C=O) groups excluding carboxylic acids is 5. The van der Waals surface area contributed by atoms with Crippen LogP contribution in [0.2, 0.25) is 0 Å². The first-order valence-electron chi connectivity index (χ1n) is 14.3. The van der Waals surface area contributed by atoms with Gasteiger partial charge in [0.05, 0.1) is 0 Å². The molecule has 0 bridgehead atoms. The number of benzene rings is 2. The topological polar surface area (TPSA) is 276 Å². The van der Waals surface area contributed by atoms with Gasteiger partial charge in [-0.3, -0.25) is 34.0 Å². The van der Waals surface area contributed by atoms with Crippen LogP contribution in [0, 0.1) is 0 Å². The van der Waals surface area contributed by atoms with Gasteiger partial charge in [0.2, 0.25) is 23.6 Å². The van der Waals surface area contributed by atoms with E-state index in [9.17, 15) is 24.0 Å². The maximum atomic E-state index is 13.4. The van der Waals surface area contributed by atoms with Crippen LogP contribution in [0.5, 0.6) is 0 Å². The molecule has 15 nitrogen and oxygen atoms in total. The summed E-state index contributed by atoms with van der Waals surface area (Å²) in [6.07, 6.45) is 1.02. The Labute approximate surface area is 261 Å². The van der Waals surface area contributed by atoms with Crippen LogP contribution in [0.1, 0.15) is 54.1 Å². The van der Waals surface area contributed by atoms with Gasteiger partial charge in [0.1, 0.15) is 18.1 Å². The summed E-state index contributed by atoms with van der Waals surface area (Å²) in [6.45, 7) is 1.68. The lowest BCUT2D eigenvalue weighted by molar-refractivity contribution is -0.133. The van der Waals surface area contributed by atoms with Crippen LogP contribution < -0.4 is 44.6 Å². The van der Waals surface area contributed by atoms with Crippen molar-refractivity contribution in [2.24, 2.45) is 38.7 Å². The fourth-order valence-electron chi connectivity index (χ4n) is 4.34. The first kappa shape index (κ1) is 35.7. The minimum absolute atomic E-state index is 0.0366. The van der Waals surface area contributed by atoms with Crippen LogP contribution in [0.15, 0.2) is 64.6 Å². The van der Waals surface area contributed by atoms with Gasteiger partial charge in [0, 0.05) is 37.6 Å². The van der Waals surface area contributed by atoms with Crippen LogP contribution in [0.4, 0.5) is 0 Å². The highest BCUT2D eigenvalue weighted by molar-refractivity contribution is 6.09. The Bertz CT molecular complexity index is 1370. The molecule has 0 radical (unpaired) electrons. The molecule has 0 saturated carbocycles. The number of amides is 4. The zero-order chi connectivity index (χ0) is 33.4. The molecule has 0 heterocycles. The van der Waals surface area contributed by atoms with Gasteiger partial charge in [-0.2, -0.15) is 0 Å². The molecule has 0 aliphatic carbocycles. The first-order valence-corrected chi connectivity index (χ1v) is 14.3. The van der Waals surface area contributed by atoms with E-state index in [1.807, 2.05) is 6.07 Å². The third-order valence-electron chi connectivity index (χ3n) is 6.57. The normalized spacial score (nSPS) is 12.5. The van der Waals surface area contributed by atoms with E-state index >= 15 is 0 Å². The molecule has 2 rings (SSSR count). The van der Waals surface area contributed by atoms with Crippen molar-refractivity contribution in [3.8, 4) is 0 Å². The summed E-state index contributed by atoms with van der Waals surface area (Å²) < 4.78 is 0. The van der Waals surface area contributed by atoms with Gasteiger partial charge in [0.15, 0.2) is 17.7 Å². The summed E-state index contributed by atoms with van der Waals surface area (Å²) in [5, 5.41) is 7.83. The number of hydrogen-bond donors (Lipinski definition) is 8. The lowest BCUT2D eigenvalue weighted by atomic mass is 9.99. The third-order valence-corrected chi connectivity index (χ3v) is 6.57. The third kappa shape index (κ3) is 13.1. The van der Waals surface area contributed by atoms with E-state index in [2.05, 4.69) is 25.9 Å². The predicted molar refractivity (Wildman–Crippen MR) is 171 cm³/mol. The number of ketones is 1. The van der Waals surface area contributed by atoms with Gasteiger partial charge >= 0.3 is 0 Å². The lowest BCUT2D eigenvalue weighted by Crippen LogP contribution is -2.56. The van der Waals surface area contributed by atoms with Crippen LogP contribution >= 0.6 is 0 Å². The van der Waals surface area contributed by atoms with Gasteiger partial charge in [0.25, 0.3) is 0 Å². The summed E-state index contributed by atoms with van der Waals surface area (Å²) in [5.41, 5.74) is 28.7. The number of aliphatic imine (C=N–C) groups is 2. The van der Waals surface area contributed by atoms with Crippen molar-refractivity contribution in [2.45, 2.75) is 57.2 Å². The molecular weight excluding hydrogens is 580 g/mol. The van der Waals surface area contributed by atoms with E-state index in [1.54, 1.807) is 48.5 Å². The van der Waals surface area contributed by atoms with Gasteiger partial charge in [-0.15, -0.1) is 0 Å². The molecule has 4 amide bonds. The Kier molecular flexibility index (Phi) is 14.5. The lowest BCUT2D eigenvalue weighted by Gasteiger charge is -2.24. The summed E-state index contributed by atoms with van der Waals surface area (Å²) in [6, 6.07) is 12.2. The number of hydrogen-bond acceptors (Lipinski definition) is 7. The van der Waals surface area contributed by atoms with Crippen molar-refractivity contribution in [3.63, 3.8) is 0 Å². The molecule has 0 fully saturated rings. The number of guanidine groups is 2. The van der Waals surface area contributed by atoms with Gasteiger partial charge in [-0.1, -0.05) is 54.6 Å². The Morgan fingerprint density at radius 1 is 0.644 bits per heavy atom. The molecule has 0 spiro atoms. The van der Waals surface area contributed by atoms with E-state index in [0.29, 0.717) is 29.5 Å². The zero-order valence-corrected chi connectivity index (χ0v) is 25.2. The molecule has 2 aromatic rings. The predicted octanol–water partition coefficient (Wildman–Crippen LogP) is -1.47. The Morgan fingerprint density at radius 3 is 1.58 bits per heavy atom. The van der Waals surface area contributed by atoms with Gasteiger partial charge < -0.3 is 44.6 Å². The molecule has 15 heteroatoms. The van der Waals surface area contributed by atoms with Crippen LogP contribution in [-0.2, 0) is 25.6 Å². The zero-order valence-electron chi connectivity index (χ0n) is 25.2. The number of nitrogens with two attached hydrogens (primary N) is 5. The fourth-order valence-corrected chi connectivity index (χ4v) is 4.34. The minimum atomic E-state index is -1.13. The summed E-state index contributed by atoms with van der Waals surface area (Å²) >= 11 is 0. The minimum Gasteiger partial charge on any atom is -0.370 e. The molecule has 242 valence electrons. The van der Waals surface area contributed by atoms with E-state index in [1.165, 1.54) is 6.92 Å². The van der Waals surface area contributed by atoms with E-state index in [0.717, 1.165) is 0 Å². The monoisotopic (exact) mass is 622 g/mol. The standard InChI is InChI=1S/C30H42N10O5/c1-18(41)38-22(9-5-15-36-29(32)33)27(44)39-23(10-6-16-37-30(34)35)28(45)40-24(26(31)43)17-19-11-13-21(14-12-19)25(42)20-7-3-2-4-8-20/h2-4,7-8,11-14,22-24H,5-6,9-10,15-17H2,1H3,(H2,31,43)(H,38,41)(H,39,44)(H,40,45)(H4,32,33,36)(H4,34,35,37)/t22-,23+,24+/m1/s1. The maximum absolute atomic E-state index is 13.4. The highest BCUT2D eigenvalue weighted by Crippen LogP contribution is 2.13. The molecule has 45 heavy (non-hydrogen) atoms. The maximum Gasteiger partial charge on any atom is 0.243 e. The van der Waals surface area contributed by atoms with Crippen LogP contribution in [-0.4, -0.2) is 72.5 Å². The second kappa shape index (κ2) is 18.3. The van der Waals surface area contributed by atoms with Crippen molar-refractivity contribution in [2.75, 3.05) is 13.1 Å². The second-order valence-corrected chi connectivity index (χ2v) is 10.3. The molecule has 0 unspecified atom stereocenters. The Balaban J connectivity index is 2.16. The molecule has 3 atom stereocenters. The molecule has 0 aromatic heterocycles. The molecule has 0 saturated heterocycles. The number of rotatable bonds is 18. The first-order chi connectivity index (χ1) is 21.4. The van der Waals surface area contributed by atoms with E-state index < -0.39 is 41.8 Å². The molecule has 0 aliphatic heterocycles. The van der Waals surface area contributed by atoms with E-state index in [4.69, 9.17) is 28.7 Å². The second-order valence-electron chi connectivity index (χ2n) is 10.3. The average Bonchev–Trinajstić information content (AvgIpc) is 2.99. The van der Waals surface area contributed by atoms with Crippen molar-refractivity contribution < 1.29 is 24.0 Å². The van der Waals surface area contributed by atoms with Crippen LogP contribution in [0.25, 0.3) is 0 Å². The number of nitrogens with one attached hydrogen (secondary N) is 3. The number of nitrogens with zero attached hydrogens (tertiary/aromatic N) is 2. The van der Waals surface area contributed by atoms with Crippen molar-refractivity contribution in [1.29, 1.82) is 0 Å². The molecule has 0 aliphatic rings. The highest BCUT2D eigenvalue weighted by atomic mass is 16.2. The summed E-state index contributed by atoms with van der Waals surface area (Å²) in [5.74, 6) is -2.92. The number of primary amides is 1. The Hall–Kier alpha value is -5.47. The SMILES string of the molecule is CC(=O)N[C@H](CCCN=C(N)N)C(=O)N[C@@H](CCCN=C(N)N)C(=O)N[C@@H](Cc1ccc(C(=O)c2ccccc2)cc1)C(N)=O. The molecular formula is C30H42N10O5.